The third-order valence-corrected chi connectivity index (χ3v) is 10.9. The van der Waals surface area contributed by atoms with E-state index in [1.165, 1.54) is 18.7 Å². The fourth-order valence-electron chi connectivity index (χ4n) is 4.64. The number of aromatic nitrogens is 1. The van der Waals surface area contributed by atoms with Crippen LogP contribution in [0.1, 0.15) is 44.0 Å². The number of nitrogens with one attached hydrogen (secondary N) is 2. The van der Waals surface area contributed by atoms with Gasteiger partial charge < -0.3 is 14.6 Å². The number of furan rings is 1. The first-order valence-electron chi connectivity index (χ1n) is 14.2. The van der Waals surface area contributed by atoms with Gasteiger partial charge in [-0.3, -0.25) is 19.3 Å². The lowest BCUT2D eigenvalue weighted by Gasteiger charge is -2.26. The number of amides is 2. The number of anilines is 1. The minimum atomic E-state index is -3.12. The molecule has 2 N–H and O–H groups in total. The van der Waals surface area contributed by atoms with Gasteiger partial charge in [-0.15, -0.1) is 0 Å². The molecular formula is C33H32N4O6S2. The molecule has 0 saturated carbocycles. The van der Waals surface area contributed by atoms with Gasteiger partial charge in [0.2, 0.25) is 0 Å². The largest absolute Gasteiger partial charge is 0.459 e. The van der Waals surface area contributed by atoms with Crippen LogP contribution in [0.4, 0.5) is 5.69 Å². The van der Waals surface area contributed by atoms with Gasteiger partial charge in [-0.25, -0.2) is 12.6 Å². The molecule has 232 valence electrons. The van der Waals surface area contributed by atoms with E-state index in [0.717, 1.165) is 5.56 Å². The molecule has 3 heterocycles. The molecule has 0 radical (unpaired) electrons. The van der Waals surface area contributed by atoms with Crippen molar-refractivity contribution < 1.29 is 26.6 Å². The van der Waals surface area contributed by atoms with Gasteiger partial charge >= 0.3 is 0 Å². The second kappa shape index (κ2) is 13.9. The van der Waals surface area contributed by atoms with Crippen molar-refractivity contribution in [1.82, 2.24) is 14.6 Å². The summed E-state index contributed by atoms with van der Waals surface area (Å²) in [6.07, 6.45) is 4.75. The zero-order valence-electron chi connectivity index (χ0n) is 24.6. The van der Waals surface area contributed by atoms with Crippen LogP contribution in [0.3, 0.4) is 0 Å². The number of nitrogens with zero attached hydrogens (tertiary/aromatic N) is 2. The Morgan fingerprint density at radius 2 is 1.73 bits per heavy atom. The zero-order chi connectivity index (χ0) is 31.9. The molecule has 5 rings (SSSR count). The summed E-state index contributed by atoms with van der Waals surface area (Å²) in [6.45, 7) is 3.17. The molecule has 4 aromatic rings. The molecule has 1 saturated heterocycles. The van der Waals surface area contributed by atoms with E-state index >= 15 is 0 Å². The first-order chi connectivity index (χ1) is 21.6. The lowest BCUT2D eigenvalue weighted by molar-refractivity contribution is 0.0978. The van der Waals surface area contributed by atoms with Gasteiger partial charge in [-0.2, -0.15) is 0 Å². The van der Waals surface area contributed by atoms with Gasteiger partial charge in [0, 0.05) is 59.3 Å². The van der Waals surface area contributed by atoms with E-state index in [1.54, 1.807) is 79.0 Å². The highest BCUT2D eigenvalue weighted by Gasteiger charge is 2.22. The minimum Gasteiger partial charge on any atom is -0.459 e. The lowest BCUT2D eigenvalue weighted by Crippen LogP contribution is -2.41. The molecule has 0 aliphatic carbocycles. The summed E-state index contributed by atoms with van der Waals surface area (Å²) in [4.78, 5) is 32.5. The van der Waals surface area contributed by atoms with Gasteiger partial charge in [0.15, 0.2) is 15.6 Å². The van der Waals surface area contributed by atoms with Gasteiger partial charge in [-0.05, 0) is 61.2 Å². The smallest absolute Gasteiger partial charge is 0.291 e. The molecule has 0 spiro atoms. The zero-order valence-corrected chi connectivity index (χ0v) is 26.2. The highest BCUT2D eigenvalue weighted by atomic mass is 32.2. The molecule has 0 bridgehead atoms. The summed E-state index contributed by atoms with van der Waals surface area (Å²) >= 11 is 0. The van der Waals surface area contributed by atoms with Crippen LogP contribution in [0.15, 0.2) is 94.7 Å². The Labute approximate surface area is 262 Å². The Balaban J connectivity index is 1.29. The number of carbonyl (C=O) groups is 2. The van der Waals surface area contributed by atoms with E-state index in [2.05, 4.69) is 26.9 Å². The topological polar surface area (TPSA) is 139 Å². The summed E-state index contributed by atoms with van der Waals surface area (Å²) < 4.78 is 45.6. The number of sulfone groups is 1. The maximum atomic E-state index is 14.1. The molecule has 10 nitrogen and oxygen atoms in total. The standard InChI is InChI=1S/C33H32N4O6S2/c1-25-13-17-43-31(25)33(39)35-29-8-5-7-26(22-29)11-12-27-21-28(24-34-23-27)32(38)36-45(42,30-9-3-2-4-10-30)18-6-14-37-15-19-44(40,41)20-16-37/h2-5,7-10,13,17-18,21-24H,6,14-16,19-20H2,1H3,(H,35,39)(H,36,38,42). The molecule has 2 aromatic carbocycles. The third kappa shape index (κ3) is 8.48. The molecule has 2 amide bonds. The maximum Gasteiger partial charge on any atom is 0.291 e. The fraction of sp³-hybridized carbons (Fsp3) is 0.212. The van der Waals surface area contributed by atoms with Gasteiger partial charge in [0.1, 0.15) is 0 Å². The lowest BCUT2D eigenvalue weighted by atomic mass is 10.1. The van der Waals surface area contributed by atoms with Gasteiger partial charge in [-0.1, -0.05) is 36.1 Å². The van der Waals surface area contributed by atoms with Crippen molar-refractivity contribution in [2.75, 3.05) is 36.5 Å². The van der Waals surface area contributed by atoms with Crippen LogP contribution in [0, 0.1) is 18.8 Å². The van der Waals surface area contributed by atoms with Crippen LogP contribution < -0.4 is 10.0 Å². The van der Waals surface area contributed by atoms with E-state index in [1.807, 2.05) is 4.90 Å². The molecule has 1 unspecified atom stereocenters. The first-order valence-corrected chi connectivity index (χ1v) is 17.6. The molecule has 1 aliphatic heterocycles. The van der Waals surface area contributed by atoms with Crippen LogP contribution >= 0.6 is 0 Å². The molecule has 1 atom stereocenters. The number of benzene rings is 2. The highest BCUT2D eigenvalue weighted by molar-refractivity contribution is 8.00. The van der Waals surface area contributed by atoms with Crippen LogP contribution in [0.5, 0.6) is 0 Å². The van der Waals surface area contributed by atoms with Crippen molar-refractivity contribution in [1.29, 1.82) is 0 Å². The minimum absolute atomic E-state index is 0.109. The van der Waals surface area contributed by atoms with Crippen LogP contribution in [0.2, 0.25) is 0 Å². The average molecular weight is 645 g/mol. The molecule has 1 fully saturated rings. The third-order valence-electron chi connectivity index (χ3n) is 7.11. The van der Waals surface area contributed by atoms with Crippen molar-refractivity contribution in [3.8, 4) is 11.8 Å². The number of aryl methyl sites for hydroxylation is 1. The van der Waals surface area contributed by atoms with Gasteiger partial charge in [0.05, 0.1) is 33.0 Å². The number of rotatable bonds is 8. The molecule has 1 aliphatic rings. The molecule has 45 heavy (non-hydrogen) atoms. The van der Waals surface area contributed by atoms with Crippen molar-refractivity contribution in [2.45, 2.75) is 18.2 Å². The van der Waals surface area contributed by atoms with E-state index in [0.29, 0.717) is 47.8 Å². The maximum absolute atomic E-state index is 14.1. The van der Waals surface area contributed by atoms with Crippen molar-refractivity contribution in [2.24, 2.45) is 0 Å². The summed E-state index contributed by atoms with van der Waals surface area (Å²) in [5, 5.41) is 4.39. The van der Waals surface area contributed by atoms with Crippen molar-refractivity contribution >= 4 is 42.4 Å². The number of hydrogen-bond acceptors (Lipinski definition) is 8. The number of pyridine rings is 1. The van der Waals surface area contributed by atoms with Crippen molar-refractivity contribution in [3.05, 3.63) is 113 Å². The highest BCUT2D eigenvalue weighted by Crippen LogP contribution is 2.16. The Morgan fingerprint density at radius 3 is 2.47 bits per heavy atom. The predicted molar refractivity (Wildman–Crippen MR) is 174 cm³/mol. The van der Waals surface area contributed by atoms with E-state index < -0.39 is 25.5 Å². The molecule has 12 heteroatoms. The molecule has 2 aromatic heterocycles. The Bertz CT molecular complexity index is 1990. The summed E-state index contributed by atoms with van der Waals surface area (Å²) in [5.74, 6) is 5.54. The van der Waals surface area contributed by atoms with E-state index in [9.17, 15) is 22.2 Å². The summed E-state index contributed by atoms with van der Waals surface area (Å²) in [6, 6.07) is 19.0. The van der Waals surface area contributed by atoms with Crippen LogP contribution in [0.25, 0.3) is 0 Å². The first kappa shape index (κ1) is 31.7. The summed E-state index contributed by atoms with van der Waals surface area (Å²) in [7, 11) is -6.11. The number of carbonyl (C=O) groups excluding carboxylic acids is 2. The molecular weight excluding hydrogens is 613 g/mol. The SMILES string of the molecule is Cc1ccoc1C(=O)Nc1cccc(C#Cc2cncc(C(=O)NS(=O)(=CCCN3CCS(=O)(=O)CC3)c3ccccc3)c2)c1. The van der Waals surface area contributed by atoms with Crippen LogP contribution in [-0.4, -0.2) is 70.8 Å². The normalized spacial score (nSPS) is 15.6. The van der Waals surface area contributed by atoms with Crippen LogP contribution in [-0.2, 0) is 19.5 Å². The Morgan fingerprint density at radius 1 is 0.978 bits per heavy atom. The second-order valence-corrected chi connectivity index (χ2v) is 15.0. The Hall–Kier alpha value is -4.70. The number of hydrogen-bond donors (Lipinski definition) is 2. The monoisotopic (exact) mass is 644 g/mol. The second-order valence-electron chi connectivity index (χ2n) is 10.5. The van der Waals surface area contributed by atoms with Gasteiger partial charge in [0.25, 0.3) is 11.8 Å². The average Bonchev–Trinajstić information content (AvgIpc) is 3.47. The summed E-state index contributed by atoms with van der Waals surface area (Å²) in [5.41, 5.74) is 2.57. The van der Waals surface area contributed by atoms with E-state index in [4.69, 9.17) is 4.42 Å². The van der Waals surface area contributed by atoms with E-state index in [-0.39, 0.29) is 28.7 Å². The quantitative estimate of drug-likeness (QED) is 0.220. The Kier molecular flexibility index (Phi) is 9.83. The predicted octanol–water partition coefficient (Wildman–Crippen LogP) is 3.55. The van der Waals surface area contributed by atoms with Crippen molar-refractivity contribution in [3.63, 3.8) is 0 Å². The fourth-order valence-corrected chi connectivity index (χ4v) is 7.70.